The molecule has 2 heteroatoms. The zero-order valence-corrected chi connectivity index (χ0v) is 11.2. The quantitative estimate of drug-likeness (QED) is 0.321. The number of halogens is 1. The van der Waals surface area contributed by atoms with Crippen molar-refractivity contribution in [3.05, 3.63) is 78.6 Å². The molecule has 4 rings (SSSR count). The summed E-state index contributed by atoms with van der Waals surface area (Å²) >= 11 is 0. The first kappa shape index (κ1) is 12.0. The van der Waals surface area contributed by atoms with Gasteiger partial charge in [-0.15, -0.1) is 0 Å². The Hall–Kier alpha value is -2.74. The molecule has 1 heterocycles. The number of fused-ring (bicyclic) bond motifs is 2. The lowest BCUT2D eigenvalue weighted by Crippen LogP contribution is -1.85. The number of hydrogen-bond acceptors (Lipinski definition) is 0. The van der Waals surface area contributed by atoms with Gasteiger partial charge in [-0.3, -0.25) is 0 Å². The van der Waals surface area contributed by atoms with Crippen molar-refractivity contribution in [1.29, 1.82) is 0 Å². The molecule has 0 bridgehead atoms. The molecule has 1 nitrogen and oxygen atoms in total. The predicted molar refractivity (Wildman–Crippen MR) is 83.5 cm³/mol. The molecule has 3 aromatic carbocycles. The molecule has 0 amide bonds. The van der Waals surface area contributed by atoms with Crippen LogP contribution in [0.4, 0.5) is 4.39 Å². The van der Waals surface area contributed by atoms with Gasteiger partial charge in [-0.05, 0) is 29.8 Å². The lowest BCUT2D eigenvalue weighted by molar-refractivity contribution is 0.628. The van der Waals surface area contributed by atoms with E-state index >= 15 is 0 Å². The van der Waals surface area contributed by atoms with E-state index in [0.717, 1.165) is 33.1 Å². The Kier molecular flexibility index (Phi) is 2.68. The van der Waals surface area contributed by atoms with Gasteiger partial charge in [-0.25, -0.2) is 8.81 Å². The Labute approximate surface area is 121 Å². The molecule has 4 aromatic rings. The number of rotatable bonds is 1. The second-order valence-electron chi connectivity index (χ2n) is 4.98. The van der Waals surface area contributed by atoms with Crippen molar-refractivity contribution < 1.29 is 8.81 Å². The van der Waals surface area contributed by atoms with Crippen molar-refractivity contribution in [2.45, 2.75) is 0 Å². The Balaban J connectivity index is 2.18. The summed E-state index contributed by atoms with van der Waals surface area (Å²) in [5.74, 6) is -0.229. The van der Waals surface area contributed by atoms with E-state index in [4.69, 9.17) is 4.42 Å². The van der Waals surface area contributed by atoms with Gasteiger partial charge in [0.25, 0.3) is 0 Å². The van der Waals surface area contributed by atoms with Gasteiger partial charge >= 0.3 is 11.2 Å². The van der Waals surface area contributed by atoms with Crippen LogP contribution in [-0.4, -0.2) is 0 Å². The topological polar surface area (TPSA) is 11.3 Å². The first-order chi connectivity index (χ1) is 10.3. The maximum atomic E-state index is 13.2. The van der Waals surface area contributed by atoms with Gasteiger partial charge in [0.2, 0.25) is 0 Å². The third-order valence-electron chi connectivity index (χ3n) is 3.67. The zero-order chi connectivity index (χ0) is 14.2. The molecule has 100 valence electrons. The molecule has 0 saturated carbocycles. The van der Waals surface area contributed by atoms with Gasteiger partial charge in [-0.2, -0.15) is 0 Å². The summed E-state index contributed by atoms with van der Waals surface area (Å²) in [6.07, 6.45) is 0. The molecule has 0 N–H and O–H groups in total. The fourth-order valence-corrected chi connectivity index (χ4v) is 2.72. The van der Waals surface area contributed by atoms with Crippen LogP contribution in [0.25, 0.3) is 33.1 Å². The smallest absolute Gasteiger partial charge is 0.207 e. The van der Waals surface area contributed by atoms with Crippen molar-refractivity contribution in [3.8, 4) is 11.1 Å². The summed E-state index contributed by atoms with van der Waals surface area (Å²) in [5.41, 5.74) is 3.72. The minimum atomic E-state index is -0.229. The van der Waals surface area contributed by atoms with E-state index in [2.05, 4.69) is 0 Å². The van der Waals surface area contributed by atoms with Crippen molar-refractivity contribution in [3.63, 3.8) is 0 Å². The lowest BCUT2D eigenvalue weighted by Gasteiger charge is -2.05. The van der Waals surface area contributed by atoms with E-state index in [-0.39, 0.29) is 5.82 Å². The molecule has 0 fully saturated rings. The summed E-state index contributed by atoms with van der Waals surface area (Å²) in [6.45, 7) is 0. The van der Waals surface area contributed by atoms with Crippen LogP contribution in [0.5, 0.6) is 0 Å². The maximum absolute atomic E-state index is 13.2. The molecule has 0 unspecified atom stereocenters. The molecule has 0 aliphatic heterocycles. The van der Waals surface area contributed by atoms with Gasteiger partial charge in [0.1, 0.15) is 5.82 Å². The van der Waals surface area contributed by atoms with E-state index in [9.17, 15) is 4.39 Å². The van der Waals surface area contributed by atoms with E-state index in [1.165, 1.54) is 12.1 Å². The molecule has 0 aliphatic carbocycles. The predicted octanol–water partition coefficient (Wildman–Crippen LogP) is 5.67. The van der Waals surface area contributed by atoms with E-state index in [1.807, 2.05) is 60.7 Å². The van der Waals surface area contributed by atoms with Crippen LogP contribution >= 0.6 is 0 Å². The highest BCUT2D eigenvalue weighted by atomic mass is 19.1. The standard InChI is InChI=1S/C19H12FO/c20-14-11-9-13(10-12-14)19-15-5-1-3-7-17(15)21-18-8-4-2-6-16(18)19/h1-12H/q+1. The molecule has 0 spiro atoms. The molecule has 0 radical (unpaired) electrons. The molecule has 0 atom stereocenters. The van der Waals surface area contributed by atoms with Gasteiger partial charge in [0.05, 0.1) is 10.8 Å². The van der Waals surface area contributed by atoms with Crippen molar-refractivity contribution in [2.75, 3.05) is 0 Å². The van der Waals surface area contributed by atoms with Gasteiger partial charge in [-0.1, -0.05) is 36.4 Å². The first-order valence-corrected chi connectivity index (χ1v) is 6.82. The molecule has 0 aliphatic rings. The monoisotopic (exact) mass is 275 g/mol. The molecular weight excluding hydrogens is 263 g/mol. The van der Waals surface area contributed by atoms with Crippen LogP contribution in [0.15, 0.2) is 77.2 Å². The highest BCUT2D eigenvalue weighted by molar-refractivity contribution is 6.07. The summed E-state index contributed by atoms with van der Waals surface area (Å²) in [6, 6.07) is 22.4. The van der Waals surface area contributed by atoms with E-state index in [0.29, 0.717) is 0 Å². The van der Waals surface area contributed by atoms with Crippen molar-refractivity contribution >= 4 is 21.9 Å². The Bertz CT molecular complexity index is 888. The number of para-hydroxylation sites is 2. The van der Waals surface area contributed by atoms with E-state index < -0.39 is 0 Å². The third-order valence-corrected chi connectivity index (χ3v) is 3.67. The number of benzene rings is 3. The van der Waals surface area contributed by atoms with Crippen LogP contribution in [0.1, 0.15) is 0 Å². The maximum Gasteiger partial charge on any atom is 0.361 e. The van der Waals surface area contributed by atoms with Gasteiger partial charge in [0.15, 0.2) is 0 Å². The second kappa shape index (κ2) is 4.67. The van der Waals surface area contributed by atoms with Gasteiger partial charge < -0.3 is 0 Å². The average molecular weight is 275 g/mol. The second-order valence-corrected chi connectivity index (χ2v) is 4.98. The summed E-state index contributed by atoms with van der Waals surface area (Å²) < 4.78 is 19.2. The molecular formula is C19H12FO+. The minimum absolute atomic E-state index is 0.229. The molecule has 21 heavy (non-hydrogen) atoms. The molecule has 0 saturated heterocycles. The highest BCUT2D eigenvalue weighted by Gasteiger charge is 2.18. The Morgan fingerprint density at radius 3 is 1.71 bits per heavy atom. The summed E-state index contributed by atoms with van der Waals surface area (Å²) in [4.78, 5) is 0. The Morgan fingerprint density at radius 1 is 0.619 bits per heavy atom. The zero-order valence-electron chi connectivity index (χ0n) is 11.2. The van der Waals surface area contributed by atoms with Crippen LogP contribution in [0.2, 0.25) is 0 Å². The number of hydrogen-bond donors (Lipinski definition) is 0. The van der Waals surface area contributed by atoms with Gasteiger partial charge in [0, 0.05) is 17.7 Å². The lowest BCUT2D eigenvalue weighted by atomic mass is 9.97. The fraction of sp³-hybridized carbons (Fsp3) is 0. The highest BCUT2D eigenvalue weighted by Crippen LogP contribution is 2.36. The molecule has 1 aromatic heterocycles. The summed E-state index contributed by atoms with van der Waals surface area (Å²) in [5, 5.41) is 2.06. The first-order valence-electron chi connectivity index (χ1n) is 6.82. The fourth-order valence-electron chi connectivity index (χ4n) is 2.72. The normalized spacial score (nSPS) is 11.1. The van der Waals surface area contributed by atoms with Crippen LogP contribution in [-0.2, 0) is 0 Å². The Morgan fingerprint density at radius 2 is 1.14 bits per heavy atom. The third kappa shape index (κ3) is 1.96. The van der Waals surface area contributed by atoms with Crippen molar-refractivity contribution in [2.24, 2.45) is 0 Å². The largest absolute Gasteiger partial charge is 0.361 e. The SMILES string of the molecule is Fc1ccc(-c2c3ccccc3[o+]c3ccccc23)cc1. The van der Waals surface area contributed by atoms with Crippen LogP contribution in [0.3, 0.4) is 0 Å². The minimum Gasteiger partial charge on any atom is -0.207 e. The average Bonchev–Trinajstić information content (AvgIpc) is 2.53. The van der Waals surface area contributed by atoms with Crippen LogP contribution in [0, 0.1) is 5.82 Å². The van der Waals surface area contributed by atoms with Crippen LogP contribution < -0.4 is 0 Å². The van der Waals surface area contributed by atoms with E-state index in [1.54, 1.807) is 0 Å². The van der Waals surface area contributed by atoms with Crippen molar-refractivity contribution in [1.82, 2.24) is 0 Å². The summed E-state index contributed by atoms with van der Waals surface area (Å²) in [7, 11) is 0.